The fraction of sp³-hybridized carbons (Fsp3) is 0. The molecule has 296 valence electrons. The number of hydrogen-bond donors (Lipinski definition) is 6. The molecule has 0 fully saturated rings. The summed E-state index contributed by atoms with van der Waals surface area (Å²) in [6, 6.07) is 81.1. The van der Waals surface area contributed by atoms with Crippen LogP contribution in [0.1, 0.15) is 0 Å². The molecule has 0 radical (unpaired) electrons. The van der Waals surface area contributed by atoms with Gasteiger partial charge in [-0.05, 0) is 127 Å². The van der Waals surface area contributed by atoms with Gasteiger partial charge in [0, 0.05) is 51.2 Å². The Hall–Kier alpha value is -8.42. The van der Waals surface area contributed by atoms with Gasteiger partial charge in [-0.25, -0.2) is 0 Å². The zero-order valence-electron chi connectivity index (χ0n) is 33.5. The minimum Gasteiger partial charge on any atom is -0.356 e. The van der Waals surface area contributed by atoms with Crippen LogP contribution in [0.5, 0.6) is 0 Å². The van der Waals surface area contributed by atoms with Crippen molar-refractivity contribution < 1.29 is 0 Å². The molecule has 9 aromatic carbocycles. The first-order valence-electron chi connectivity index (χ1n) is 20.4. The minimum absolute atomic E-state index is 0.875. The molecule has 0 amide bonds. The SMILES string of the molecule is c1ccc(Nc2ccc(N(c3ccc(Nc4ccccc4)cc3Nc3ccccc3)c3ccc(Nc4ccccc4)c(Nc4ccccc4)c3Nc3ccccc3)cc2)cc1. The van der Waals surface area contributed by atoms with E-state index < -0.39 is 0 Å². The Bertz CT molecular complexity index is 2770. The summed E-state index contributed by atoms with van der Waals surface area (Å²) >= 11 is 0. The predicted octanol–water partition coefficient (Wildman–Crippen LogP) is 15.6. The lowest BCUT2D eigenvalue weighted by Gasteiger charge is -2.32. The summed E-state index contributed by atoms with van der Waals surface area (Å²) in [5.41, 5.74) is 14.2. The van der Waals surface area contributed by atoms with E-state index in [1.54, 1.807) is 0 Å². The molecule has 0 heterocycles. The van der Waals surface area contributed by atoms with Crippen molar-refractivity contribution in [2.45, 2.75) is 0 Å². The smallest absolute Gasteiger partial charge is 0.0889 e. The van der Waals surface area contributed by atoms with Gasteiger partial charge >= 0.3 is 0 Å². The van der Waals surface area contributed by atoms with Crippen LogP contribution in [0.2, 0.25) is 0 Å². The van der Waals surface area contributed by atoms with E-state index in [1.165, 1.54) is 0 Å². The first-order valence-corrected chi connectivity index (χ1v) is 20.4. The molecular formula is C54H45N7. The third-order valence-electron chi connectivity index (χ3n) is 10.1. The Labute approximate surface area is 357 Å². The second-order valence-electron chi connectivity index (χ2n) is 14.4. The van der Waals surface area contributed by atoms with Crippen LogP contribution in [0.15, 0.2) is 237 Å². The van der Waals surface area contributed by atoms with Crippen LogP contribution in [0.25, 0.3) is 0 Å². The molecule has 6 N–H and O–H groups in total. The van der Waals surface area contributed by atoms with Gasteiger partial charge in [0.2, 0.25) is 0 Å². The van der Waals surface area contributed by atoms with E-state index in [2.05, 4.69) is 176 Å². The number of nitrogens with one attached hydrogen (secondary N) is 6. The van der Waals surface area contributed by atoms with Crippen LogP contribution in [-0.4, -0.2) is 0 Å². The molecule has 61 heavy (non-hydrogen) atoms. The monoisotopic (exact) mass is 791 g/mol. The molecule has 0 aliphatic heterocycles. The molecule has 0 aromatic heterocycles. The molecule has 0 unspecified atom stereocenters. The Morgan fingerprint density at radius 3 is 1.05 bits per heavy atom. The molecule has 7 nitrogen and oxygen atoms in total. The Kier molecular flexibility index (Phi) is 11.5. The van der Waals surface area contributed by atoms with Gasteiger partial charge in [0.1, 0.15) is 0 Å². The van der Waals surface area contributed by atoms with E-state index in [9.17, 15) is 0 Å². The molecule has 9 rings (SSSR count). The lowest BCUT2D eigenvalue weighted by molar-refractivity contribution is 1.27. The van der Waals surface area contributed by atoms with Crippen molar-refractivity contribution in [3.63, 3.8) is 0 Å². The summed E-state index contributed by atoms with van der Waals surface area (Å²) in [7, 11) is 0. The average molecular weight is 792 g/mol. The van der Waals surface area contributed by atoms with Gasteiger partial charge in [-0.2, -0.15) is 0 Å². The fourth-order valence-electron chi connectivity index (χ4n) is 7.21. The van der Waals surface area contributed by atoms with Crippen molar-refractivity contribution in [2.24, 2.45) is 0 Å². The van der Waals surface area contributed by atoms with Crippen molar-refractivity contribution in [1.29, 1.82) is 0 Å². The van der Waals surface area contributed by atoms with Crippen molar-refractivity contribution in [2.75, 3.05) is 36.8 Å². The van der Waals surface area contributed by atoms with Gasteiger partial charge in [-0.15, -0.1) is 0 Å². The summed E-state index contributed by atoms with van der Waals surface area (Å²) < 4.78 is 0. The van der Waals surface area contributed by atoms with E-state index >= 15 is 0 Å². The minimum atomic E-state index is 0.875. The molecule has 0 saturated carbocycles. The summed E-state index contributed by atoms with van der Waals surface area (Å²) in [5.74, 6) is 0. The van der Waals surface area contributed by atoms with Gasteiger partial charge in [0.15, 0.2) is 0 Å². The number of nitrogens with zero attached hydrogens (tertiary/aromatic N) is 1. The van der Waals surface area contributed by atoms with Crippen LogP contribution in [-0.2, 0) is 0 Å². The maximum atomic E-state index is 3.88. The van der Waals surface area contributed by atoms with Crippen LogP contribution < -0.4 is 36.8 Å². The van der Waals surface area contributed by atoms with Crippen LogP contribution in [0, 0.1) is 0 Å². The molecule has 0 bridgehead atoms. The second kappa shape index (κ2) is 18.4. The molecule has 7 heteroatoms. The molecule has 0 saturated heterocycles. The third-order valence-corrected chi connectivity index (χ3v) is 10.1. The van der Waals surface area contributed by atoms with Crippen LogP contribution in [0.3, 0.4) is 0 Å². The van der Waals surface area contributed by atoms with E-state index in [1.807, 2.05) is 97.1 Å². The summed E-state index contributed by atoms with van der Waals surface area (Å²) in [6.07, 6.45) is 0. The number of benzene rings is 9. The zero-order chi connectivity index (χ0) is 41.1. The third kappa shape index (κ3) is 9.49. The van der Waals surface area contributed by atoms with E-state index in [0.717, 1.165) is 85.3 Å². The highest BCUT2D eigenvalue weighted by Gasteiger charge is 2.24. The van der Waals surface area contributed by atoms with E-state index in [4.69, 9.17) is 0 Å². The average Bonchev–Trinajstić information content (AvgIpc) is 3.31. The van der Waals surface area contributed by atoms with Gasteiger partial charge in [-0.3, -0.25) is 0 Å². The predicted molar refractivity (Wildman–Crippen MR) is 259 cm³/mol. The molecule has 0 aliphatic carbocycles. The first kappa shape index (κ1) is 38.1. The zero-order valence-corrected chi connectivity index (χ0v) is 33.5. The normalized spacial score (nSPS) is 10.6. The van der Waals surface area contributed by atoms with Gasteiger partial charge in [-0.1, -0.05) is 109 Å². The lowest BCUT2D eigenvalue weighted by atomic mass is 10.1. The number of hydrogen-bond acceptors (Lipinski definition) is 7. The summed E-state index contributed by atoms with van der Waals surface area (Å²) in [5, 5.41) is 22.4. The Morgan fingerprint density at radius 1 is 0.230 bits per heavy atom. The Morgan fingerprint density at radius 2 is 0.574 bits per heavy atom. The standard InChI is InChI=1S/C54H45N7/c1-7-19-40(20-8-1)55-46-31-34-48(35-32-46)61(51-37-33-47(56-41-21-9-2-10-22-41)39-50(51)58-43-25-13-4-14-26-43)52-38-36-49(57-42-23-11-3-12-24-42)53(59-44-27-15-5-16-28-44)54(52)60-45-29-17-6-18-30-45/h1-39,55-60H. The quantitative estimate of drug-likeness (QED) is 0.0618. The molecule has 0 atom stereocenters. The molecule has 0 aliphatic rings. The highest BCUT2D eigenvalue weighted by molar-refractivity contribution is 6.02. The van der Waals surface area contributed by atoms with E-state index in [0.29, 0.717) is 0 Å². The highest BCUT2D eigenvalue weighted by atomic mass is 15.2. The van der Waals surface area contributed by atoms with Crippen LogP contribution >= 0.6 is 0 Å². The number of anilines is 15. The highest BCUT2D eigenvalue weighted by Crippen LogP contribution is 2.50. The van der Waals surface area contributed by atoms with Crippen molar-refractivity contribution in [1.82, 2.24) is 0 Å². The second-order valence-corrected chi connectivity index (χ2v) is 14.4. The van der Waals surface area contributed by atoms with Crippen molar-refractivity contribution in [3.8, 4) is 0 Å². The topological polar surface area (TPSA) is 75.4 Å². The summed E-state index contributed by atoms with van der Waals surface area (Å²) in [4.78, 5) is 2.32. The largest absolute Gasteiger partial charge is 0.356 e. The van der Waals surface area contributed by atoms with Crippen molar-refractivity contribution in [3.05, 3.63) is 237 Å². The maximum absolute atomic E-state index is 3.88. The lowest BCUT2D eigenvalue weighted by Crippen LogP contribution is -2.15. The van der Waals surface area contributed by atoms with Gasteiger partial charge in [0.05, 0.1) is 34.1 Å². The number of para-hydroxylation sites is 6. The Balaban J connectivity index is 1.26. The number of rotatable bonds is 15. The molecular weight excluding hydrogens is 747 g/mol. The van der Waals surface area contributed by atoms with Crippen LogP contribution in [0.4, 0.5) is 85.3 Å². The van der Waals surface area contributed by atoms with Gasteiger partial charge < -0.3 is 36.8 Å². The maximum Gasteiger partial charge on any atom is 0.0889 e. The fourth-order valence-corrected chi connectivity index (χ4v) is 7.21. The molecule has 9 aromatic rings. The molecule has 0 spiro atoms. The van der Waals surface area contributed by atoms with Gasteiger partial charge in [0.25, 0.3) is 0 Å². The summed E-state index contributed by atoms with van der Waals surface area (Å²) in [6.45, 7) is 0. The van der Waals surface area contributed by atoms with E-state index in [-0.39, 0.29) is 0 Å². The first-order chi connectivity index (χ1) is 30.2. The van der Waals surface area contributed by atoms with Crippen molar-refractivity contribution >= 4 is 85.3 Å².